The van der Waals surface area contributed by atoms with Gasteiger partial charge in [0.15, 0.2) is 5.43 Å². The molecule has 0 fully saturated rings. The molecule has 0 bridgehead atoms. The van der Waals surface area contributed by atoms with Crippen molar-refractivity contribution in [2.24, 2.45) is 0 Å². The third-order valence-electron chi connectivity index (χ3n) is 5.33. The maximum absolute atomic E-state index is 13.4. The molecule has 5 rings (SSSR count). The van der Waals surface area contributed by atoms with Gasteiger partial charge in [-0.25, -0.2) is 0 Å². The van der Waals surface area contributed by atoms with Crippen LogP contribution in [0.3, 0.4) is 0 Å². The van der Waals surface area contributed by atoms with E-state index in [9.17, 15) is 14.7 Å². The normalized spacial score (nSPS) is 15.6. The second kappa shape index (κ2) is 7.04. The number of carbonyl (C=O) groups excluding carboxylic acids is 1. The van der Waals surface area contributed by atoms with Gasteiger partial charge in [-0.2, -0.15) is 0 Å². The van der Waals surface area contributed by atoms with Gasteiger partial charge in [0.05, 0.1) is 17.0 Å². The summed E-state index contributed by atoms with van der Waals surface area (Å²) in [5, 5.41) is 10.4. The first kappa shape index (κ1) is 18.5. The largest absolute Gasteiger partial charge is 0.508 e. The molecule has 0 radical (unpaired) electrons. The lowest BCUT2D eigenvalue weighted by molar-refractivity contribution is 0.0714. The number of halogens is 1. The molecule has 30 heavy (non-hydrogen) atoms. The van der Waals surface area contributed by atoms with Crippen LogP contribution in [0, 0.1) is 0 Å². The quantitative estimate of drug-likeness (QED) is 0.514. The molecule has 2 heterocycles. The maximum atomic E-state index is 13.4. The van der Waals surface area contributed by atoms with E-state index in [0.29, 0.717) is 28.1 Å². The molecule has 0 aliphatic carbocycles. The van der Waals surface area contributed by atoms with E-state index in [2.05, 4.69) is 0 Å². The van der Waals surface area contributed by atoms with E-state index in [1.807, 2.05) is 30.3 Å². The van der Waals surface area contributed by atoms with Crippen LogP contribution in [0.2, 0.25) is 5.02 Å². The van der Waals surface area contributed by atoms with E-state index in [1.54, 1.807) is 35.2 Å². The second-order valence-corrected chi connectivity index (χ2v) is 7.66. The summed E-state index contributed by atoms with van der Waals surface area (Å²) in [5.41, 5.74) is 1.97. The highest BCUT2D eigenvalue weighted by Gasteiger charge is 2.42. The SMILES string of the molecule is O=C1c2oc3ccc(Cl)cc3c(=O)c2[C@@H](c2ccc(O)cc2)N1Cc1ccccc1. The van der Waals surface area contributed by atoms with E-state index in [1.165, 1.54) is 12.1 Å². The number of aromatic hydroxyl groups is 1. The van der Waals surface area contributed by atoms with Crippen molar-refractivity contribution in [1.29, 1.82) is 0 Å². The molecule has 1 amide bonds. The van der Waals surface area contributed by atoms with Crippen LogP contribution in [0.4, 0.5) is 0 Å². The number of phenols is 1. The molecule has 6 heteroatoms. The molecule has 0 saturated carbocycles. The average molecular weight is 418 g/mol. The molecule has 1 N–H and O–H groups in total. The first-order valence-electron chi connectivity index (χ1n) is 9.43. The summed E-state index contributed by atoms with van der Waals surface area (Å²) in [4.78, 5) is 28.4. The Balaban J connectivity index is 1.74. The standard InChI is InChI=1S/C24H16ClNO4/c25-16-8-11-19-18(12-16)22(28)20-21(15-6-9-17(27)10-7-15)26(24(29)23(20)30-19)13-14-4-2-1-3-5-14/h1-12,21,27H,13H2/t21-/m1/s1. The summed E-state index contributed by atoms with van der Waals surface area (Å²) < 4.78 is 5.90. The molecule has 1 atom stereocenters. The van der Waals surface area contributed by atoms with Gasteiger partial charge in [0.1, 0.15) is 11.3 Å². The van der Waals surface area contributed by atoms with Crippen LogP contribution in [0.1, 0.15) is 33.3 Å². The van der Waals surface area contributed by atoms with Crippen LogP contribution in [0.5, 0.6) is 5.75 Å². The van der Waals surface area contributed by atoms with Gasteiger partial charge in [0.2, 0.25) is 5.76 Å². The van der Waals surface area contributed by atoms with Crippen molar-refractivity contribution >= 4 is 28.5 Å². The Labute approximate surface area is 176 Å². The monoisotopic (exact) mass is 417 g/mol. The highest BCUT2D eigenvalue weighted by Crippen LogP contribution is 2.39. The van der Waals surface area contributed by atoms with E-state index in [-0.39, 0.29) is 28.4 Å². The zero-order chi connectivity index (χ0) is 20.8. The van der Waals surface area contributed by atoms with Crippen LogP contribution >= 0.6 is 11.6 Å². The van der Waals surface area contributed by atoms with Crippen LogP contribution < -0.4 is 5.43 Å². The lowest BCUT2D eigenvalue weighted by atomic mass is 9.98. The Hall–Kier alpha value is -3.57. The molecule has 0 spiro atoms. The van der Waals surface area contributed by atoms with Gasteiger partial charge in [-0.3, -0.25) is 9.59 Å². The number of hydrogen-bond donors (Lipinski definition) is 1. The summed E-state index contributed by atoms with van der Waals surface area (Å²) in [6.45, 7) is 0.311. The molecule has 1 aliphatic rings. The van der Waals surface area contributed by atoms with E-state index < -0.39 is 6.04 Å². The first-order chi connectivity index (χ1) is 14.5. The first-order valence-corrected chi connectivity index (χ1v) is 9.81. The van der Waals surface area contributed by atoms with E-state index >= 15 is 0 Å². The maximum Gasteiger partial charge on any atom is 0.291 e. The van der Waals surface area contributed by atoms with E-state index in [0.717, 1.165) is 5.56 Å². The molecular formula is C24H16ClNO4. The van der Waals surface area contributed by atoms with Crippen molar-refractivity contribution in [2.45, 2.75) is 12.6 Å². The number of benzene rings is 3. The smallest absolute Gasteiger partial charge is 0.291 e. The third-order valence-corrected chi connectivity index (χ3v) is 5.57. The number of nitrogens with zero attached hydrogens (tertiary/aromatic N) is 1. The Morgan fingerprint density at radius 3 is 2.43 bits per heavy atom. The molecule has 1 aliphatic heterocycles. The molecule has 1 aromatic heterocycles. The number of rotatable bonds is 3. The minimum Gasteiger partial charge on any atom is -0.508 e. The number of fused-ring (bicyclic) bond motifs is 2. The fraction of sp³-hybridized carbons (Fsp3) is 0.0833. The molecule has 0 saturated heterocycles. The minimum atomic E-state index is -0.632. The summed E-state index contributed by atoms with van der Waals surface area (Å²) in [7, 11) is 0. The molecule has 5 nitrogen and oxygen atoms in total. The molecule has 3 aromatic carbocycles. The van der Waals surface area contributed by atoms with Gasteiger partial charge in [0.25, 0.3) is 5.91 Å². The van der Waals surface area contributed by atoms with Crippen molar-refractivity contribution in [3.05, 3.63) is 110 Å². The van der Waals surface area contributed by atoms with Crippen molar-refractivity contribution in [1.82, 2.24) is 4.90 Å². The predicted octanol–water partition coefficient (Wildman–Crippen LogP) is 4.90. The summed E-state index contributed by atoms with van der Waals surface area (Å²) in [6, 6.07) is 20.2. The number of hydrogen-bond acceptors (Lipinski definition) is 4. The average Bonchev–Trinajstić information content (AvgIpc) is 3.02. The topological polar surface area (TPSA) is 70.8 Å². The van der Waals surface area contributed by atoms with Gasteiger partial charge in [-0.15, -0.1) is 0 Å². The third kappa shape index (κ3) is 2.95. The van der Waals surface area contributed by atoms with Gasteiger partial charge in [0, 0.05) is 11.6 Å². The van der Waals surface area contributed by atoms with Crippen LogP contribution in [0.25, 0.3) is 11.0 Å². The fourth-order valence-corrected chi connectivity index (χ4v) is 4.11. The summed E-state index contributed by atoms with van der Waals surface area (Å²) >= 11 is 6.09. The second-order valence-electron chi connectivity index (χ2n) is 7.23. The summed E-state index contributed by atoms with van der Waals surface area (Å²) in [6.07, 6.45) is 0. The highest BCUT2D eigenvalue weighted by atomic mass is 35.5. The molecule has 4 aromatic rings. The van der Waals surface area contributed by atoms with Gasteiger partial charge >= 0.3 is 0 Å². The van der Waals surface area contributed by atoms with Crippen molar-refractivity contribution < 1.29 is 14.3 Å². The lowest BCUT2D eigenvalue weighted by Gasteiger charge is -2.25. The zero-order valence-electron chi connectivity index (χ0n) is 15.7. The Kier molecular flexibility index (Phi) is 4.33. The van der Waals surface area contributed by atoms with Crippen molar-refractivity contribution in [2.75, 3.05) is 0 Å². The van der Waals surface area contributed by atoms with Crippen LogP contribution in [-0.4, -0.2) is 15.9 Å². The van der Waals surface area contributed by atoms with Gasteiger partial charge in [-0.1, -0.05) is 54.1 Å². The van der Waals surface area contributed by atoms with Crippen LogP contribution in [-0.2, 0) is 6.54 Å². The zero-order valence-corrected chi connectivity index (χ0v) is 16.5. The molecule has 0 unspecified atom stereocenters. The Morgan fingerprint density at radius 2 is 1.70 bits per heavy atom. The van der Waals surface area contributed by atoms with Crippen molar-refractivity contribution in [3.8, 4) is 5.75 Å². The molecular weight excluding hydrogens is 402 g/mol. The number of carbonyl (C=O) groups is 1. The molecule has 148 valence electrons. The van der Waals surface area contributed by atoms with Gasteiger partial charge < -0.3 is 14.4 Å². The van der Waals surface area contributed by atoms with Crippen LogP contribution in [0.15, 0.2) is 82.0 Å². The minimum absolute atomic E-state index is 0.0452. The van der Waals surface area contributed by atoms with E-state index in [4.69, 9.17) is 16.0 Å². The Bertz CT molecular complexity index is 1330. The highest BCUT2D eigenvalue weighted by molar-refractivity contribution is 6.31. The number of amides is 1. The number of phenolic OH excluding ortho intramolecular Hbond substituents is 1. The Morgan fingerprint density at radius 1 is 0.967 bits per heavy atom. The summed E-state index contributed by atoms with van der Waals surface area (Å²) in [5.74, 6) is -0.194. The fourth-order valence-electron chi connectivity index (χ4n) is 3.94. The lowest BCUT2D eigenvalue weighted by Crippen LogP contribution is -2.29. The van der Waals surface area contributed by atoms with Gasteiger partial charge in [-0.05, 0) is 41.5 Å². The predicted molar refractivity (Wildman–Crippen MR) is 114 cm³/mol. The van der Waals surface area contributed by atoms with Crippen molar-refractivity contribution in [3.63, 3.8) is 0 Å².